The van der Waals surface area contributed by atoms with Gasteiger partial charge in [-0.3, -0.25) is 4.79 Å². The number of hydrogen-bond donors (Lipinski definition) is 0. The van der Waals surface area contributed by atoms with Gasteiger partial charge in [-0.2, -0.15) is 9.48 Å². The molecule has 0 fully saturated rings. The highest BCUT2D eigenvalue weighted by Gasteiger charge is 2.49. The van der Waals surface area contributed by atoms with Gasteiger partial charge >= 0.3 is 11.9 Å². The van der Waals surface area contributed by atoms with Crippen LogP contribution in [0.1, 0.15) is 19.4 Å². The molecule has 1 atom stereocenters. The second-order valence-electron chi connectivity index (χ2n) is 6.52. The molecule has 8 heteroatoms. The van der Waals surface area contributed by atoms with Crippen molar-refractivity contribution in [1.29, 1.82) is 0 Å². The Labute approximate surface area is 161 Å². The normalized spacial score (nSPS) is 20.4. The van der Waals surface area contributed by atoms with Crippen molar-refractivity contribution in [3.8, 4) is 0 Å². The lowest BCUT2D eigenvalue weighted by Crippen LogP contribution is -2.54. The Balaban J connectivity index is 1.96. The predicted octanol–water partition coefficient (Wildman–Crippen LogP) is 3.29. The number of carbonyl (C=O) groups excluding carboxylic acids is 2. The van der Waals surface area contributed by atoms with E-state index in [0.29, 0.717) is 27.5 Å². The molecule has 1 unspecified atom stereocenters. The highest BCUT2D eigenvalue weighted by molar-refractivity contribution is 8.13. The summed E-state index contributed by atoms with van der Waals surface area (Å²) in [6.07, 6.45) is 0. The number of hydrogen-bond acceptors (Lipinski definition) is 5. The fourth-order valence-electron chi connectivity index (χ4n) is 2.70. The Kier molecular flexibility index (Phi) is 5.29. The monoisotopic (exact) mass is 391 g/mol. The van der Waals surface area contributed by atoms with E-state index in [9.17, 15) is 9.59 Å². The summed E-state index contributed by atoms with van der Waals surface area (Å²) in [6.45, 7) is 3.98. The van der Waals surface area contributed by atoms with Crippen molar-refractivity contribution in [2.45, 2.75) is 19.6 Å². The van der Waals surface area contributed by atoms with E-state index in [1.165, 1.54) is 23.4 Å². The highest BCUT2D eigenvalue weighted by atomic mass is 35.5. The summed E-state index contributed by atoms with van der Waals surface area (Å²) in [5.41, 5.74) is 1.08. The minimum absolute atomic E-state index is 0.0906. The first-order valence-corrected chi connectivity index (χ1v) is 9.62. The largest absolute Gasteiger partial charge is 0.445 e. The molecule has 2 aliphatic heterocycles. The number of aliphatic imine (C=N–C) groups is 2. The summed E-state index contributed by atoms with van der Waals surface area (Å²) in [5.74, 6) is 0.898. The second-order valence-corrected chi connectivity index (χ2v) is 7.95. The Hall–Kier alpha value is -1.99. The third kappa shape index (κ3) is 3.46. The maximum absolute atomic E-state index is 12.7. The van der Waals surface area contributed by atoms with E-state index in [0.717, 1.165) is 10.5 Å². The van der Waals surface area contributed by atoms with Crippen molar-refractivity contribution in [2.75, 3.05) is 14.1 Å². The number of imide groups is 1. The van der Waals surface area contributed by atoms with Gasteiger partial charge in [-0.25, -0.2) is 9.79 Å². The second kappa shape index (κ2) is 7.32. The van der Waals surface area contributed by atoms with Crippen molar-refractivity contribution in [3.63, 3.8) is 0 Å². The number of fused-ring (bicyclic) bond motifs is 1. The molecule has 0 aliphatic carbocycles. The highest BCUT2D eigenvalue weighted by Crippen LogP contribution is 2.28. The quantitative estimate of drug-likeness (QED) is 0.742. The minimum Gasteiger partial charge on any atom is -0.255 e. The van der Waals surface area contributed by atoms with Gasteiger partial charge in [0.2, 0.25) is 5.84 Å². The molecule has 0 aromatic heterocycles. The Morgan fingerprint density at radius 1 is 1.23 bits per heavy atom. The van der Waals surface area contributed by atoms with E-state index in [-0.39, 0.29) is 17.9 Å². The molecular weight excluding hydrogens is 372 g/mol. The molecule has 136 valence electrons. The molecule has 1 aromatic carbocycles. The van der Waals surface area contributed by atoms with Gasteiger partial charge in [0.15, 0.2) is 5.92 Å². The van der Waals surface area contributed by atoms with Crippen LogP contribution in [0.15, 0.2) is 34.3 Å². The van der Waals surface area contributed by atoms with Crippen LogP contribution in [-0.4, -0.2) is 52.2 Å². The molecule has 1 aromatic rings. The lowest BCUT2D eigenvalue weighted by Gasteiger charge is -2.27. The molecule has 2 aliphatic rings. The molecule has 0 saturated heterocycles. The SMILES string of the molecule is CC(C)C1=NC2=[N+](C)C(=O)N(C)C(=O)C2C(SCc2ccc(Cl)cc2)=N1. The molecule has 2 heterocycles. The van der Waals surface area contributed by atoms with Crippen molar-refractivity contribution < 1.29 is 14.2 Å². The van der Waals surface area contributed by atoms with Gasteiger partial charge in [-0.1, -0.05) is 42.6 Å². The molecular formula is C18H20ClN4O2S+. The van der Waals surface area contributed by atoms with Crippen LogP contribution in [-0.2, 0) is 10.5 Å². The fraction of sp³-hybridized carbons (Fsp3) is 0.389. The van der Waals surface area contributed by atoms with Gasteiger partial charge in [-0.15, -0.1) is 11.8 Å². The average molecular weight is 392 g/mol. The fourth-order valence-corrected chi connectivity index (χ4v) is 3.87. The number of thioether (sulfide) groups is 1. The van der Waals surface area contributed by atoms with Crippen molar-refractivity contribution in [3.05, 3.63) is 34.9 Å². The molecule has 0 spiro atoms. The van der Waals surface area contributed by atoms with E-state index < -0.39 is 5.92 Å². The molecule has 3 rings (SSSR count). The zero-order valence-electron chi connectivity index (χ0n) is 15.1. The number of carbonyl (C=O) groups is 2. The molecule has 0 radical (unpaired) electrons. The molecule has 0 bridgehead atoms. The maximum Gasteiger partial charge on any atom is 0.445 e. The number of halogens is 1. The van der Waals surface area contributed by atoms with Crippen LogP contribution in [0.2, 0.25) is 5.02 Å². The van der Waals surface area contributed by atoms with Gasteiger partial charge in [-0.05, 0) is 17.7 Å². The van der Waals surface area contributed by atoms with Gasteiger partial charge < -0.3 is 0 Å². The van der Waals surface area contributed by atoms with Crippen LogP contribution in [0.3, 0.4) is 0 Å². The Morgan fingerprint density at radius 3 is 2.50 bits per heavy atom. The molecule has 3 amide bonds. The van der Waals surface area contributed by atoms with Gasteiger partial charge in [0.1, 0.15) is 5.04 Å². The summed E-state index contributed by atoms with van der Waals surface area (Å²) in [6, 6.07) is 7.20. The first-order valence-electron chi connectivity index (χ1n) is 8.26. The van der Waals surface area contributed by atoms with E-state index in [2.05, 4.69) is 9.98 Å². The van der Waals surface area contributed by atoms with Gasteiger partial charge in [0.05, 0.1) is 14.1 Å². The van der Waals surface area contributed by atoms with Crippen molar-refractivity contribution in [1.82, 2.24) is 4.90 Å². The lowest BCUT2D eigenvalue weighted by molar-refractivity contribution is -0.407. The minimum atomic E-state index is -0.637. The summed E-state index contributed by atoms with van der Waals surface area (Å²) in [7, 11) is 3.13. The smallest absolute Gasteiger partial charge is 0.255 e. The zero-order valence-corrected chi connectivity index (χ0v) is 16.6. The average Bonchev–Trinajstić information content (AvgIpc) is 2.63. The van der Waals surface area contributed by atoms with Crippen LogP contribution >= 0.6 is 23.4 Å². The van der Waals surface area contributed by atoms with Crippen molar-refractivity contribution >= 4 is 52.0 Å². The summed E-state index contributed by atoms with van der Waals surface area (Å²) >= 11 is 7.43. The Morgan fingerprint density at radius 2 is 1.88 bits per heavy atom. The summed E-state index contributed by atoms with van der Waals surface area (Å²) in [5, 5.41) is 1.35. The number of benzene rings is 1. The first kappa shape index (κ1) is 18.8. The van der Waals surface area contributed by atoms with Gasteiger partial charge in [0, 0.05) is 16.7 Å². The van der Waals surface area contributed by atoms with E-state index >= 15 is 0 Å². The Bertz CT molecular complexity index is 858. The predicted molar refractivity (Wildman–Crippen MR) is 105 cm³/mol. The third-order valence-corrected chi connectivity index (χ3v) is 5.62. The number of nitrogens with zero attached hydrogens (tertiary/aromatic N) is 4. The summed E-state index contributed by atoms with van der Waals surface area (Å²) in [4.78, 5) is 35.3. The molecule has 0 saturated carbocycles. The lowest BCUT2D eigenvalue weighted by atomic mass is 10.0. The standard InChI is InChI=1S/C18H20ClN4O2S/c1-10(2)14-20-15-13(17(24)23(4)18(25)22(15)3)16(21-14)26-9-11-5-7-12(19)8-6-11/h5-8,10,13H,9H2,1-4H3/q+1. The van der Waals surface area contributed by atoms with E-state index in [1.807, 2.05) is 38.1 Å². The van der Waals surface area contributed by atoms with Crippen LogP contribution in [0, 0.1) is 11.8 Å². The number of amidine groups is 2. The topological polar surface area (TPSA) is 65.1 Å². The van der Waals surface area contributed by atoms with E-state index in [1.54, 1.807) is 7.05 Å². The zero-order chi connectivity index (χ0) is 19.0. The number of amides is 3. The first-order chi connectivity index (χ1) is 12.3. The summed E-state index contributed by atoms with van der Waals surface area (Å²) < 4.78 is 1.44. The van der Waals surface area contributed by atoms with Crippen LogP contribution in [0.5, 0.6) is 0 Å². The van der Waals surface area contributed by atoms with Crippen molar-refractivity contribution in [2.24, 2.45) is 21.8 Å². The number of rotatable bonds is 3. The molecule has 0 N–H and O–H groups in total. The van der Waals surface area contributed by atoms with E-state index in [4.69, 9.17) is 11.6 Å². The van der Waals surface area contributed by atoms with Crippen LogP contribution in [0.4, 0.5) is 4.79 Å². The molecule has 26 heavy (non-hydrogen) atoms. The maximum atomic E-state index is 12.7. The van der Waals surface area contributed by atoms with Crippen LogP contribution < -0.4 is 0 Å². The van der Waals surface area contributed by atoms with Gasteiger partial charge in [0.25, 0.3) is 5.84 Å². The molecule has 6 nitrogen and oxygen atoms in total. The number of urea groups is 1. The third-order valence-electron chi connectivity index (χ3n) is 4.27. The van der Waals surface area contributed by atoms with Crippen LogP contribution in [0.25, 0.3) is 0 Å².